The SMILES string of the molecule is CCOC(=O)c1c(NC(=O)C(=O)N/N=C\c2ccc(OC(=O)c3ccccc3Br)cc2)sc2c1CCCC2. The highest BCUT2D eigenvalue weighted by molar-refractivity contribution is 9.10. The summed E-state index contributed by atoms with van der Waals surface area (Å²) in [5.74, 6) is -2.61. The summed E-state index contributed by atoms with van der Waals surface area (Å²) in [5.41, 5.74) is 4.39. The highest BCUT2D eigenvalue weighted by Gasteiger charge is 2.28. The first-order valence-electron chi connectivity index (χ1n) is 11.9. The second-order valence-electron chi connectivity index (χ2n) is 8.23. The quantitative estimate of drug-likeness (QED) is 0.132. The lowest BCUT2D eigenvalue weighted by molar-refractivity contribution is -0.136. The second kappa shape index (κ2) is 12.6. The van der Waals surface area contributed by atoms with Gasteiger partial charge in [0.05, 0.1) is 23.9 Å². The summed E-state index contributed by atoms with van der Waals surface area (Å²) in [7, 11) is 0. The van der Waals surface area contributed by atoms with Crippen LogP contribution in [0.15, 0.2) is 58.1 Å². The number of halogens is 1. The highest BCUT2D eigenvalue weighted by Crippen LogP contribution is 2.38. The van der Waals surface area contributed by atoms with Gasteiger partial charge in [0.15, 0.2) is 0 Å². The van der Waals surface area contributed by atoms with Crippen LogP contribution >= 0.6 is 27.3 Å². The van der Waals surface area contributed by atoms with Gasteiger partial charge < -0.3 is 14.8 Å². The number of carbonyl (C=O) groups is 4. The molecule has 4 rings (SSSR count). The van der Waals surface area contributed by atoms with Crippen molar-refractivity contribution in [3.63, 3.8) is 0 Å². The zero-order valence-electron chi connectivity index (χ0n) is 20.4. The summed E-state index contributed by atoms with van der Waals surface area (Å²) in [5, 5.41) is 6.67. The first kappa shape index (κ1) is 27.2. The van der Waals surface area contributed by atoms with Gasteiger partial charge in [-0.1, -0.05) is 12.1 Å². The molecule has 0 unspecified atom stereocenters. The van der Waals surface area contributed by atoms with E-state index in [1.165, 1.54) is 17.6 Å². The van der Waals surface area contributed by atoms with Crippen molar-refractivity contribution in [2.24, 2.45) is 5.10 Å². The molecule has 0 saturated heterocycles. The number of nitrogens with one attached hydrogen (secondary N) is 2. The number of amides is 2. The van der Waals surface area contributed by atoms with Gasteiger partial charge in [-0.15, -0.1) is 11.3 Å². The van der Waals surface area contributed by atoms with Crippen molar-refractivity contribution in [3.8, 4) is 5.75 Å². The monoisotopic (exact) mass is 597 g/mol. The molecule has 1 aliphatic carbocycles. The number of benzene rings is 2. The van der Waals surface area contributed by atoms with Crippen molar-refractivity contribution in [1.29, 1.82) is 0 Å². The van der Waals surface area contributed by atoms with Crippen molar-refractivity contribution in [2.75, 3.05) is 11.9 Å². The Morgan fingerprint density at radius 2 is 1.74 bits per heavy atom. The molecule has 2 N–H and O–H groups in total. The van der Waals surface area contributed by atoms with Crippen molar-refractivity contribution in [2.45, 2.75) is 32.6 Å². The predicted octanol–water partition coefficient (Wildman–Crippen LogP) is 4.87. The average molecular weight is 598 g/mol. The minimum atomic E-state index is -0.985. The third-order valence-electron chi connectivity index (χ3n) is 5.65. The number of hydrazone groups is 1. The van der Waals surface area contributed by atoms with Crippen molar-refractivity contribution in [3.05, 3.63) is 80.1 Å². The molecule has 1 aromatic heterocycles. The van der Waals surface area contributed by atoms with Crippen LogP contribution in [-0.4, -0.2) is 36.6 Å². The van der Waals surface area contributed by atoms with E-state index in [-0.39, 0.29) is 6.61 Å². The molecule has 0 atom stereocenters. The number of aryl methyl sites for hydroxylation is 1. The van der Waals surface area contributed by atoms with E-state index in [0.717, 1.165) is 36.1 Å². The maximum absolute atomic E-state index is 12.5. The second-order valence-corrected chi connectivity index (χ2v) is 10.2. The molecule has 0 spiro atoms. The van der Waals surface area contributed by atoms with Gasteiger partial charge in [-0.3, -0.25) is 9.59 Å². The number of fused-ring (bicyclic) bond motifs is 1. The van der Waals surface area contributed by atoms with Crippen LogP contribution in [0.3, 0.4) is 0 Å². The van der Waals surface area contributed by atoms with Gasteiger partial charge in [-0.05, 0) is 96.1 Å². The lowest BCUT2D eigenvalue weighted by atomic mass is 9.95. The zero-order chi connectivity index (χ0) is 27.1. The Bertz CT molecular complexity index is 1400. The molecular weight excluding hydrogens is 574 g/mol. The van der Waals surface area contributed by atoms with E-state index < -0.39 is 23.8 Å². The van der Waals surface area contributed by atoms with E-state index in [9.17, 15) is 19.2 Å². The van der Waals surface area contributed by atoms with Crippen LogP contribution in [0.25, 0.3) is 0 Å². The Kier molecular flexibility index (Phi) is 9.03. The van der Waals surface area contributed by atoms with Crippen molar-refractivity contribution in [1.82, 2.24) is 5.43 Å². The van der Waals surface area contributed by atoms with Crippen LogP contribution in [0, 0.1) is 0 Å². The topological polar surface area (TPSA) is 123 Å². The Balaban J connectivity index is 1.34. The molecule has 11 heteroatoms. The summed E-state index contributed by atoms with van der Waals surface area (Å²) < 4.78 is 11.2. The van der Waals surface area contributed by atoms with Gasteiger partial charge in [0.2, 0.25) is 0 Å². The smallest absolute Gasteiger partial charge is 0.344 e. The van der Waals surface area contributed by atoms with Crippen molar-refractivity contribution < 1.29 is 28.7 Å². The molecule has 38 heavy (non-hydrogen) atoms. The number of rotatable bonds is 7. The van der Waals surface area contributed by atoms with E-state index in [2.05, 4.69) is 31.8 Å². The number of hydrogen-bond donors (Lipinski definition) is 2. The van der Waals surface area contributed by atoms with Gasteiger partial charge in [-0.2, -0.15) is 5.10 Å². The molecule has 9 nitrogen and oxygen atoms in total. The van der Waals surface area contributed by atoms with E-state index >= 15 is 0 Å². The first-order valence-corrected chi connectivity index (χ1v) is 13.5. The molecule has 2 amide bonds. The maximum Gasteiger partial charge on any atom is 0.344 e. The number of nitrogens with zero attached hydrogens (tertiary/aromatic N) is 1. The molecule has 0 fully saturated rings. The fraction of sp³-hybridized carbons (Fsp3) is 0.222. The van der Waals surface area contributed by atoms with Crippen LogP contribution < -0.4 is 15.5 Å². The molecule has 0 bridgehead atoms. The molecule has 2 aromatic carbocycles. The lowest BCUT2D eigenvalue weighted by Gasteiger charge is -2.12. The number of carbonyl (C=O) groups excluding carboxylic acids is 4. The number of anilines is 1. The Morgan fingerprint density at radius 1 is 1.00 bits per heavy atom. The summed E-state index contributed by atoms with van der Waals surface area (Å²) >= 11 is 4.62. The van der Waals surface area contributed by atoms with Crippen LogP contribution in [0.1, 0.15) is 56.5 Å². The molecule has 3 aromatic rings. The standard InChI is InChI=1S/C27H24BrN3O6S/c1-2-36-27(35)22-19-8-4-6-10-21(19)38-25(22)30-23(32)24(33)31-29-15-16-11-13-17(14-12-16)37-26(34)18-7-3-5-9-20(18)28/h3,5,7,9,11-15H,2,4,6,8,10H2,1H3,(H,30,32)(H,31,33)/b29-15-. The molecule has 196 valence electrons. The molecule has 0 radical (unpaired) electrons. The third kappa shape index (κ3) is 6.53. The highest BCUT2D eigenvalue weighted by atomic mass is 79.9. The molecular formula is C27H24BrN3O6S. The van der Waals surface area contributed by atoms with E-state index in [4.69, 9.17) is 9.47 Å². The van der Waals surface area contributed by atoms with Gasteiger partial charge in [0.1, 0.15) is 10.8 Å². The normalized spacial score (nSPS) is 12.5. The van der Waals surface area contributed by atoms with E-state index in [0.29, 0.717) is 31.9 Å². The minimum absolute atomic E-state index is 0.209. The first-order chi connectivity index (χ1) is 18.4. The molecule has 0 aliphatic heterocycles. The average Bonchev–Trinajstić information content (AvgIpc) is 3.27. The van der Waals surface area contributed by atoms with E-state index in [1.54, 1.807) is 55.5 Å². The fourth-order valence-electron chi connectivity index (χ4n) is 3.86. The van der Waals surface area contributed by atoms with Gasteiger partial charge >= 0.3 is 23.8 Å². The Labute approximate surface area is 231 Å². The number of thiophene rings is 1. The third-order valence-corrected chi connectivity index (χ3v) is 7.55. The zero-order valence-corrected chi connectivity index (χ0v) is 22.8. The number of hydrogen-bond acceptors (Lipinski definition) is 8. The van der Waals surface area contributed by atoms with E-state index in [1.807, 2.05) is 0 Å². The van der Waals surface area contributed by atoms with Crippen LogP contribution in [-0.2, 0) is 27.2 Å². The fourth-order valence-corrected chi connectivity index (χ4v) is 5.58. The summed E-state index contributed by atoms with van der Waals surface area (Å²) in [4.78, 5) is 50.7. The maximum atomic E-state index is 12.5. The number of esters is 2. The van der Waals surface area contributed by atoms with Crippen LogP contribution in [0.5, 0.6) is 5.75 Å². The van der Waals surface area contributed by atoms with Gasteiger partial charge in [-0.25, -0.2) is 15.0 Å². The molecule has 1 heterocycles. The molecule has 0 saturated carbocycles. The summed E-state index contributed by atoms with van der Waals surface area (Å²) in [6.07, 6.45) is 4.85. The van der Waals surface area contributed by atoms with Crippen LogP contribution in [0.4, 0.5) is 5.00 Å². The predicted molar refractivity (Wildman–Crippen MR) is 147 cm³/mol. The summed E-state index contributed by atoms with van der Waals surface area (Å²) in [6.45, 7) is 1.92. The van der Waals surface area contributed by atoms with Gasteiger partial charge in [0.25, 0.3) is 0 Å². The lowest BCUT2D eigenvalue weighted by Crippen LogP contribution is -2.32. The van der Waals surface area contributed by atoms with Crippen LogP contribution in [0.2, 0.25) is 0 Å². The Morgan fingerprint density at radius 3 is 2.47 bits per heavy atom. The number of ether oxygens (including phenoxy) is 2. The largest absolute Gasteiger partial charge is 0.462 e. The van der Waals surface area contributed by atoms with Crippen molar-refractivity contribution >= 4 is 62.2 Å². The minimum Gasteiger partial charge on any atom is -0.462 e. The summed E-state index contributed by atoms with van der Waals surface area (Å²) in [6, 6.07) is 13.4. The van der Waals surface area contributed by atoms with Gasteiger partial charge in [0, 0.05) is 9.35 Å². The Hall–Kier alpha value is -3.83. The molecule has 1 aliphatic rings.